The van der Waals surface area contributed by atoms with E-state index < -0.39 is 17.6 Å². The van der Waals surface area contributed by atoms with Crippen LogP contribution in [0.2, 0.25) is 0 Å². The van der Waals surface area contributed by atoms with E-state index in [1.54, 1.807) is 36.3 Å². The van der Waals surface area contributed by atoms with Crippen LogP contribution < -0.4 is 14.7 Å². The van der Waals surface area contributed by atoms with E-state index in [4.69, 9.17) is 9.47 Å². The number of nitrogens with one attached hydrogen (secondary N) is 1. The molecule has 1 aromatic rings. The number of hydrogen-bond donors (Lipinski definition) is 1. The summed E-state index contributed by atoms with van der Waals surface area (Å²) >= 11 is 0. The van der Waals surface area contributed by atoms with Crippen molar-refractivity contribution in [3.63, 3.8) is 0 Å². The van der Waals surface area contributed by atoms with Crippen molar-refractivity contribution in [2.45, 2.75) is 32.4 Å². The van der Waals surface area contributed by atoms with E-state index in [9.17, 15) is 14.7 Å². The van der Waals surface area contributed by atoms with Gasteiger partial charge in [0, 0.05) is 5.56 Å². The first-order valence-electron chi connectivity index (χ1n) is 8.38. The molecule has 7 nitrogen and oxygen atoms in total. The van der Waals surface area contributed by atoms with Crippen LogP contribution in [0.15, 0.2) is 24.3 Å². The van der Waals surface area contributed by atoms with Crippen LogP contribution in [0.1, 0.15) is 32.4 Å². The molecule has 1 atom stereocenters. The molecule has 7 heteroatoms. The van der Waals surface area contributed by atoms with Crippen molar-refractivity contribution in [1.82, 2.24) is 4.90 Å². The van der Waals surface area contributed by atoms with Gasteiger partial charge in [-0.2, -0.15) is 0 Å². The Morgan fingerprint density at radius 2 is 1.72 bits per heavy atom. The second-order valence-corrected chi connectivity index (χ2v) is 7.15. The average molecular weight is 350 g/mol. The van der Waals surface area contributed by atoms with Gasteiger partial charge in [0.25, 0.3) is 0 Å². The van der Waals surface area contributed by atoms with Gasteiger partial charge in [-0.05, 0) is 45.0 Å². The largest absolute Gasteiger partial charge is 0.544 e. The molecule has 0 spiro atoms. The summed E-state index contributed by atoms with van der Waals surface area (Å²) in [5.41, 5.74) is 0.124. The standard InChI is InChI=1S/C18H26N2O5/c1-18(2,3)25-17(23)20-11-9-19(10-12-20)15(16(21)22)13-5-7-14(24-4)8-6-13/h5-8,15H,9-12H2,1-4H3,(H,21,22)/t15-/m0/s1. The third kappa shape index (κ3) is 5.09. The normalized spacial score (nSPS) is 17.0. The molecule has 0 aliphatic carbocycles. The highest BCUT2D eigenvalue weighted by Gasteiger charge is 2.32. The molecule has 2 rings (SSSR count). The van der Waals surface area contributed by atoms with Crippen LogP contribution in [0.5, 0.6) is 5.75 Å². The highest BCUT2D eigenvalue weighted by molar-refractivity contribution is 5.72. The number of amides is 1. The number of benzene rings is 1. The molecule has 138 valence electrons. The fraction of sp³-hybridized carbons (Fsp3) is 0.556. The number of methoxy groups -OCH3 is 1. The zero-order valence-electron chi connectivity index (χ0n) is 15.2. The van der Waals surface area contributed by atoms with Gasteiger partial charge in [0.2, 0.25) is 0 Å². The van der Waals surface area contributed by atoms with Crippen molar-refractivity contribution in [3.05, 3.63) is 29.8 Å². The van der Waals surface area contributed by atoms with Crippen molar-refractivity contribution >= 4 is 12.1 Å². The maximum atomic E-state index is 12.1. The summed E-state index contributed by atoms with van der Waals surface area (Å²) in [6.45, 7) is 7.40. The predicted molar refractivity (Wildman–Crippen MR) is 89.2 cm³/mol. The summed E-state index contributed by atoms with van der Waals surface area (Å²) in [5, 5.41) is 11.7. The van der Waals surface area contributed by atoms with E-state index in [1.165, 1.54) is 0 Å². The third-order valence-corrected chi connectivity index (χ3v) is 4.15. The molecule has 1 N–H and O–H groups in total. The van der Waals surface area contributed by atoms with Gasteiger partial charge in [-0.15, -0.1) is 0 Å². The molecular formula is C18H26N2O5. The number of rotatable bonds is 4. The summed E-state index contributed by atoms with van der Waals surface area (Å²) in [6.07, 6.45) is -0.360. The maximum Gasteiger partial charge on any atom is 0.410 e. The molecule has 25 heavy (non-hydrogen) atoms. The number of aliphatic carboxylic acids is 1. The van der Waals surface area contributed by atoms with Gasteiger partial charge in [-0.3, -0.25) is 4.90 Å². The molecule has 0 aromatic heterocycles. The minimum Gasteiger partial charge on any atom is -0.544 e. The number of ether oxygens (including phenoxy) is 2. The van der Waals surface area contributed by atoms with E-state index in [0.717, 1.165) is 4.90 Å². The van der Waals surface area contributed by atoms with Gasteiger partial charge in [0.15, 0.2) is 6.04 Å². The molecule has 1 heterocycles. The Hall–Kier alpha value is -2.28. The fourth-order valence-corrected chi connectivity index (χ4v) is 2.93. The SMILES string of the molecule is COc1ccc([C@@H](C(=O)[O-])[NH+]2CCN(C(=O)OC(C)(C)C)CC2)cc1. The van der Waals surface area contributed by atoms with Crippen LogP contribution >= 0.6 is 0 Å². The van der Waals surface area contributed by atoms with Crippen LogP contribution in [0.25, 0.3) is 0 Å². The van der Waals surface area contributed by atoms with Crippen LogP contribution in [0, 0.1) is 0 Å². The van der Waals surface area contributed by atoms with Crippen molar-refractivity contribution in [1.29, 1.82) is 0 Å². The lowest BCUT2D eigenvalue weighted by molar-refractivity contribution is -0.928. The topological polar surface area (TPSA) is 83.3 Å². The molecule has 0 radical (unpaired) electrons. The fourth-order valence-electron chi connectivity index (χ4n) is 2.93. The van der Waals surface area contributed by atoms with Gasteiger partial charge in [-0.1, -0.05) is 0 Å². The minimum atomic E-state index is -1.12. The summed E-state index contributed by atoms with van der Waals surface area (Å²) in [7, 11) is 1.56. The van der Waals surface area contributed by atoms with Crippen LogP contribution in [-0.2, 0) is 9.53 Å². The Labute approximate surface area is 148 Å². The van der Waals surface area contributed by atoms with Crippen LogP contribution in [-0.4, -0.2) is 55.9 Å². The lowest BCUT2D eigenvalue weighted by Gasteiger charge is -2.37. The first-order valence-corrected chi connectivity index (χ1v) is 8.38. The van der Waals surface area contributed by atoms with E-state index in [-0.39, 0.29) is 6.09 Å². The van der Waals surface area contributed by atoms with E-state index in [0.29, 0.717) is 37.5 Å². The van der Waals surface area contributed by atoms with E-state index in [1.807, 2.05) is 20.8 Å². The number of carboxylic acid groups (broad SMARTS) is 1. The molecule has 1 saturated heterocycles. The van der Waals surface area contributed by atoms with Crippen molar-refractivity contribution in [2.24, 2.45) is 0 Å². The Morgan fingerprint density at radius 3 is 2.16 bits per heavy atom. The molecule has 0 saturated carbocycles. The number of hydrogen-bond acceptors (Lipinski definition) is 5. The Kier molecular flexibility index (Phi) is 5.89. The summed E-state index contributed by atoms with van der Waals surface area (Å²) in [5.74, 6) is -0.448. The molecule has 1 fully saturated rings. The highest BCUT2D eigenvalue weighted by atomic mass is 16.6. The van der Waals surface area contributed by atoms with Gasteiger partial charge in [-0.25, -0.2) is 4.79 Å². The highest BCUT2D eigenvalue weighted by Crippen LogP contribution is 2.16. The first kappa shape index (κ1) is 19.1. The van der Waals surface area contributed by atoms with Crippen molar-refractivity contribution in [3.8, 4) is 5.75 Å². The Bertz CT molecular complexity index is 601. The quantitative estimate of drug-likeness (QED) is 0.801. The van der Waals surface area contributed by atoms with Gasteiger partial charge < -0.3 is 24.3 Å². The first-order chi connectivity index (χ1) is 11.7. The molecule has 1 aliphatic rings. The number of carbonyl (C=O) groups excluding carboxylic acids is 2. The maximum absolute atomic E-state index is 12.1. The average Bonchev–Trinajstić information content (AvgIpc) is 2.54. The molecular weight excluding hydrogens is 324 g/mol. The van der Waals surface area contributed by atoms with Gasteiger partial charge in [0.1, 0.15) is 17.3 Å². The van der Waals surface area contributed by atoms with Crippen LogP contribution in [0.4, 0.5) is 4.79 Å². The van der Waals surface area contributed by atoms with E-state index >= 15 is 0 Å². The van der Waals surface area contributed by atoms with Crippen LogP contribution in [0.3, 0.4) is 0 Å². The molecule has 1 aromatic carbocycles. The zero-order chi connectivity index (χ0) is 18.6. The number of carboxylic acids is 1. The second-order valence-electron chi connectivity index (χ2n) is 7.15. The van der Waals surface area contributed by atoms with Gasteiger partial charge >= 0.3 is 6.09 Å². The molecule has 0 bridgehead atoms. The molecule has 1 aliphatic heterocycles. The third-order valence-electron chi connectivity index (χ3n) is 4.15. The lowest BCUT2D eigenvalue weighted by atomic mass is 10.0. The van der Waals surface area contributed by atoms with Crippen molar-refractivity contribution in [2.75, 3.05) is 33.3 Å². The summed E-state index contributed by atoms with van der Waals surface area (Å²) in [6, 6.07) is 6.19. The second kappa shape index (κ2) is 7.74. The molecule has 1 amide bonds. The predicted octanol–water partition coefficient (Wildman–Crippen LogP) is -0.378. The zero-order valence-corrected chi connectivity index (χ0v) is 15.2. The van der Waals surface area contributed by atoms with Crippen molar-refractivity contribution < 1.29 is 29.1 Å². The number of nitrogens with zero attached hydrogens (tertiary/aromatic N) is 1. The minimum absolute atomic E-state index is 0.360. The summed E-state index contributed by atoms with van der Waals surface area (Å²) in [4.78, 5) is 26.3. The monoisotopic (exact) mass is 350 g/mol. The lowest BCUT2D eigenvalue weighted by Crippen LogP contribution is -3.16. The molecule has 0 unspecified atom stereocenters. The number of quaternary nitrogens is 1. The summed E-state index contributed by atoms with van der Waals surface area (Å²) < 4.78 is 10.5. The number of carbonyl (C=O) groups is 2. The Morgan fingerprint density at radius 1 is 1.16 bits per heavy atom. The smallest absolute Gasteiger partial charge is 0.410 e. The van der Waals surface area contributed by atoms with Gasteiger partial charge in [0.05, 0.1) is 33.3 Å². The Balaban J connectivity index is 2.03. The van der Waals surface area contributed by atoms with E-state index in [2.05, 4.69) is 0 Å². The number of piperazine rings is 1.